The van der Waals surface area contributed by atoms with Crippen molar-refractivity contribution in [2.24, 2.45) is 0 Å². The number of hydrogen-bond acceptors (Lipinski definition) is 6. The van der Waals surface area contributed by atoms with Crippen LogP contribution in [0.25, 0.3) is 110 Å². The first-order chi connectivity index (χ1) is 28.2. The lowest BCUT2D eigenvalue weighted by Gasteiger charge is -2.15. The van der Waals surface area contributed by atoms with Crippen LogP contribution >= 0.6 is 11.3 Å². The van der Waals surface area contributed by atoms with Crippen LogP contribution in [0.2, 0.25) is 0 Å². The van der Waals surface area contributed by atoms with Crippen molar-refractivity contribution < 1.29 is 0 Å². The summed E-state index contributed by atoms with van der Waals surface area (Å²) in [5, 5.41) is 5.87. The van der Waals surface area contributed by atoms with Crippen molar-refractivity contribution in [2.45, 2.75) is 0 Å². The van der Waals surface area contributed by atoms with E-state index in [4.69, 9.17) is 24.9 Å². The van der Waals surface area contributed by atoms with Gasteiger partial charge in [0, 0.05) is 37.9 Å². The Labute approximate surface area is 332 Å². The molecule has 6 heteroatoms. The molecule has 0 amide bonds. The fraction of sp³-hybridized carbons (Fsp3) is 0. The van der Waals surface area contributed by atoms with Gasteiger partial charge in [0.2, 0.25) is 0 Å². The first-order valence-corrected chi connectivity index (χ1v) is 19.7. The zero-order chi connectivity index (χ0) is 37.7. The minimum atomic E-state index is 0.571. The molecule has 0 bridgehead atoms. The van der Waals surface area contributed by atoms with Crippen LogP contribution in [0.3, 0.4) is 0 Å². The molecule has 0 atom stereocenters. The van der Waals surface area contributed by atoms with Gasteiger partial charge < -0.3 is 0 Å². The molecule has 57 heavy (non-hydrogen) atoms. The Morgan fingerprint density at radius 3 is 1.44 bits per heavy atom. The Kier molecular flexibility index (Phi) is 7.93. The van der Waals surface area contributed by atoms with Crippen molar-refractivity contribution in [3.05, 3.63) is 188 Å². The van der Waals surface area contributed by atoms with Gasteiger partial charge in [0.15, 0.2) is 23.3 Å². The van der Waals surface area contributed by atoms with Crippen LogP contribution in [0.15, 0.2) is 188 Å². The molecule has 0 N–H and O–H groups in total. The first-order valence-electron chi connectivity index (χ1n) is 18.9. The van der Waals surface area contributed by atoms with Gasteiger partial charge in [0.25, 0.3) is 0 Å². The number of benzene rings is 8. The molecule has 0 unspecified atom stereocenters. The zero-order valence-corrected chi connectivity index (χ0v) is 31.4. The largest absolute Gasteiger partial charge is 0.226 e. The summed E-state index contributed by atoms with van der Waals surface area (Å²) in [6.07, 6.45) is 0. The maximum Gasteiger partial charge on any atom is 0.164 e. The van der Waals surface area contributed by atoms with Gasteiger partial charge in [-0.1, -0.05) is 158 Å². The summed E-state index contributed by atoms with van der Waals surface area (Å²) in [6, 6.07) is 65.2. The van der Waals surface area contributed by atoms with E-state index in [1.54, 1.807) is 11.3 Å². The van der Waals surface area contributed by atoms with Gasteiger partial charge >= 0.3 is 0 Å². The second kappa shape index (κ2) is 13.7. The lowest BCUT2D eigenvalue weighted by molar-refractivity contribution is 1.07. The van der Waals surface area contributed by atoms with Crippen LogP contribution in [0, 0.1) is 0 Å². The van der Waals surface area contributed by atoms with E-state index in [1.165, 1.54) is 20.9 Å². The van der Waals surface area contributed by atoms with Crippen molar-refractivity contribution in [1.82, 2.24) is 24.9 Å². The van der Waals surface area contributed by atoms with Crippen LogP contribution in [0.4, 0.5) is 0 Å². The number of hydrogen-bond donors (Lipinski definition) is 0. The highest BCUT2D eigenvalue weighted by atomic mass is 32.1. The molecule has 266 valence electrons. The van der Waals surface area contributed by atoms with Crippen LogP contribution in [-0.4, -0.2) is 24.9 Å². The molecule has 0 aliphatic carbocycles. The van der Waals surface area contributed by atoms with E-state index in [2.05, 4.69) is 121 Å². The van der Waals surface area contributed by atoms with Crippen molar-refractivity contribution in [3.63, 3.8) is 0 Å². The normalized spacial score (nSPS) is 11.5. The summed E-state index contributed by atoms with van der Waals surface area (Å²) in [7, 11) is 0. The molecule has 0 spiro atoms. The Morgan fingerprint density at radius 2 is 0.789 bits per heavy atom. The van der Waals surface area contributed by atoms with Crippen LogP contribution in [0.5, 0.6) is 0 Å². The van der Waals surface area contributed by atoms with E-state index in [0.29, 0.717) is 23.3 Å². The highest BCUT2D eigenvalue weighted by Gasteiger charge is 2.20. The molecule has 5 nitrogen and oxygen atoms in total. The SMILES string of the molecule is c1ccc(-c2nc(-c3ccccc3)nc(-c3cc(-c4nc(-c5ccccc5)c5sc6ccccc6c5n4)cc(-c4cc5ccccc5c5ccccc45)c3)n2)cc1. The predicted octanol–water partition coefficient (Wildman–Crippen LogP) is 13.3. The maximum absolute atomic E-state index is 5.39. The third-order valence-electron chi connectivity index (χ3n) is 10.5. The highest BCUT2D eigenvalue weighted by molar-refractivity contribution is 7.26. The van der Waals surface area contributed by atoms with E-state index in [-0.39, 0.29) is 0 Å². The molecule has 0 aliphatic rings. The monoisotopic (exact) mass is 745 g/mol. The molecule has 0 saturated heterocycles. The van der Waals surface area contributed by atoms with Gasteiger partial charge in [-0.15, -0.1) is 11.3 Å². The molecule has 0 fully saturated rings. The number of fused-ring (bicyclic) bond motifs is 6. The van der Waals surface area contributed by atoms with Crippen molar-refractivity contribution in [3.8, 4) is 67.9 Å². The van der Waals surface area contributed by atoms with Gasteiger partial charge in [-0.05, 0) is 63.0 Å². The molecule has 11 aromatic rings. The third kappa shape index (κ3) is 5.91. The average molecular weight is 746 g/mol. The van der Waals surface area contributed by atoms with Gasteiger partial charge in [-0.2, -0.15) is 0 Å². The van der Waals surface area contributed by atoms with Crippen LogP contribution in [-0.2, 0) is 0 Å². The van der Waals surface area contributed by atoms with Gasteiger partial charge in [-0.25, -0.2) is 24.9 Å². The minimum absolute atomic E-state index is 0.571. The summed E-state index contributed by atoms with van der Waals surface area (Å²) in [4.78, 5) is 26.1. The predicted molar refractivity (Wildman–Crippen MR) is 236 cm³/mol. The van der Waals surface area contributed by atoms with Gasteiger partial charge in [0.1, 0.15) is 0 Å². The van der Waals surface area contributed by atoms with Crippen LogP contribution < -0.4 is 0 Å². The van der Waals surface area contributed by atoms with E-state index in [1.807, 2.05) is 66.7 Å². The van der Waals surface area contributed by atoms with E-state index < -0.39 is 0 Å². The lowest BCUT2D eigenvalue weighted by Crippen LogP contribution is -2.01. The summed E-state index contributed by atoms with van der Waals surface area (Å²) in [5.41, 5.74) is 8.59. The summed E-state index contributed by atoms with van der Waals surface area (Å²) in [5.74, 6) is 2.42. The molecule has 8 aromatic carbocycles. The lowest BCUT2D eigenvalue weighted by atomic mass is 9.91. The summed E-state index contributed by atoms with van der Waals surface area (Å²) in [6.45, 7) is 0. The summed E-state index contributed by atoms with van der Waals surface area (Å²) >= 11 is 1.74. The number of rotatable bonds is 6. The topological polar surface area (TPSA) is 64.5 Å². The summed E-state index contributed by atoms with van der Waals surface area (Å²) < 4.78 is 2.25. The number of thiophene rings is 1. The zero-order valence-electron chi connectivity index (χ0n) is 30.5. The highest BCUT2D eigenvalue weighted by Crippen LogP contribution is 2.42. The first kappa shape index (κ1) is 33.0. The van der Waals surface area contributed by atoms with E-state index in [0.717, 1.165) is 65.6 Å². The fourth-order valence-corrected chi connectivity index (χ4v) is 8.94. The molecule has 11 rings (SSSR count). The molecular formula is C51H31N5S. The van der Waals surface area contributed by atoms with Crippen molar-refractivity contribution in [2.75, 3.05) is 0 Å². The fourth-order valence-electron chi connectivity index (χ4n) is 7.78. The van der Waals surface area contributed by atoms with Crippen LogP contribution in [0.1, 0.15) is 0 Å². The Bertz CT molecular complexity index is 3230. The maximum atomic E-state index is 5.39. The van der Waals surface area contributed by atoms with E-state index >= 15 is 0 Å². The average Bonchev–Trinajstić information content (AvgIpc) is 3.68. The quantitative estimate of drug-likeness (QED) is 0.159. The van der Waals surface area contributed by atoms with Gasteiger partial charge in [-0.3, -0.25) is 0 Å². The molecule has 0 aliphatic heterocycles. The molecule has 3 aromatic heterocycles. The third-order valence-corrected chi connectivity index (χ3v) is 11.7. The molecular weight excluding hydrogens is 715 g/mol. The minimum Gasteiger partial charge on any atom is -0.226 e. The Balaban J connectivity index is 1.22. The van der Waals surface area contributed by atoms with Crippen molar-refractivity contribution >= 4 is 53.2 Å². The Morgan fingerprint density at radius 1 is 0.316 bits per heavy atom. The van der Waals surface area contributed by atoms with E-state index in [9.17, 15) is 0 Å². The molecule has 3 heterocycles. The number of nitrogens with zero attached hydrogens (tertiary/aromatic N) is 5. The Hall–Kier alpha value is -7.41. The second-order valence-electron chi connectivity index (χ2n) is 14.1. The smallest absolute Gasteiger partial charge is 0.164 e. The molecule has 0 saturated carbocycles. The second-order valence-corrected chi connectivity index (χ2v) is 15.1. The van der Waals surface area contributed by atoms with Crippen molar-refractivity contribution in [1.29, 1.82) is 0 Å². The molecule has 0 radical (unpaired) electrons. The standard InChI is InChI=1S/C51H31N5S/c1-4-16-32(17-5-1)45-47-46(42-26-14-15-27-44(42)57-47)53-50(52-45)37-28-36(43-31-35-22-10-11-23-39(35)40-24-12-13-25-41(40)43)29-38(30-37)51-55-48(33-18-6-2-7-19-33)54-49(56-51)34-20-8-3-9-21-34/h1-31H. The van der Waals surface area contributed by atoms with Gasteiger partial charge in [0.05, 0.1) is 15.9 Å². The number of aromatic nitrogens is 5.